The quantitative estimate of drug-likeness (QED) is 0.311. The van der Waals surface area contributed by atoms with Gasteiger partial charge in [-0.3, -0.25) is 9.59 Å². The van der Waals surface area contributed by atoms with Gasteiger partial charge in [0.25, 0.3) is 0 Å². The lowest BCUT2D eigenvalue weighted by Crippen LogP contribution is -3.00. The Labute approximate surface area is 190 Å². The second-order valence-electron chi connectivity index (χ2n) is 8.06. The average Bonchev–Trinajstić information content (AvgIpc) is 2.68. The van der Waals surface area contributed by atoms with Crippen LogP contribution < -0.4 is 24.0 Å². The largest absolute Gasteiger partial charge is 1.00 e. The fraction of sp³-hybridized carbons (Fsp3) is 0.545. The van der Waals surface area contributed by atoms with Crippen LogP contribution in [0.25, 0.3) is 0 Å². The molecule has 4 nitrogen and oxygen atoms in total. The van der Waals surface area contributed by atoms with Crippen LogP contribution in [0.3, 0.4) is 0 Å². The molecule has 1 aliphatic carbocycles. The molecule has 1 saturated heterocycles. The molecule has 0 aromatic heterocycles. The van der Waals surface area contributed by atoms with Crippen molar-refractivity contribution in [3.63, 3.8) is 0 Å². The van der Waals surface area contributed by atoms with Gasteiger partial charge in [0.2, 0.25) is 11.6 Å². The Morgan fingerprint density at radius 1 is 0.964 bits per heavy atom. The van der Waals surface area contributed by atoms with E-state index in [4.69, 9.17) is 11.6 Å². The van der Waals surface area contributed by atoms with Gasteiger partial charge in [0.05, 0.1) is 39.8 Å². The minimum absolute atomic E-state index is 0. The van der Waals surface area contributed by atoms with Crippen molar-refractivity contribution in [1.29, 1.82) is 0 Å². The zero-order valence-corrected chi connectivity index (χ0v) is 19.8. The third kappa shape index (κ3) is 4.97. The van der Waals surface area contributed by atoms with Gasteiger partial charge in [-0.15, -0.1) is 0 Å². The van der Waals surface area contributed by atoms with Crippen molar-refractivity contribution in [3.05, 3.63) is 46.1 Å². The van der Waals surface area contributed by atoms with Crippen molar-refractivity contribution >= 4 is 23.2 Å². The Bertz CT molecular complexity index is 755. The van der Waals surface area contributed by atoms with E-state index >= 15 is 0 Å². The smallest absolute Gasteiger partial charge is 0.211 e. The molecule has 1 aromatic rings. The predicted molar refractivity (Wildman–Crippen MR) is 109 cm³/mol. The van der Waals surface area contributed by atoms with Crippen molar-refractivity contribution in [2.75, 3.05) is 39.8 Å². The maximum atomic E-state index is 13.0. The third-order valence-corrected chi connectivity index (χ3v) is 6.33. The zero-order valence-electron chi connectivity index (χ0n) is 16.8. The van der Waals surface area contributed by atoms with Gasteiger partial charge in [-0.2, -0.15) is 0 Å². The molecule has 1 heterocycles. The summed E-state index contributed by atoms with van der Waals surface area (Å²) in [6.07, 6.45) is 6.46. The van der Waals surface area contributed by atoms with Crippen LogP contribution in [0.1, 0.15) is 59.7 Å². The fourth-order valence-corrected chi connectivity index (χ4v) is 4.41. The number of carbonyl (C=O) groups excluding carboxylic acids is 2. The Balaban J connectivity index is 0.00000280. The number of rotatable bonds is 7. The SMILES string of the molecule is CCCCCCC[N+]1(C)CCN(C2=C(Cl)C(=O)c3ccccc3C2=O)CC1.[I-]. The van der Waals surface area contributed by atoms with Gasteiger partial charge in [0.1, 0.15) is 10.7 Å². The van der Waals surface area contributed by atoms with Crippen LogP contribution >= 0.6 is 11.6 Å². The number of benzene rings is 1. The number of Topliss-reactive ketones (excluding diaryl/α,β-unsaturated/α-hetero) is 2. The van der Waals surface area contributed by atoms with Crippen LogP contribution in [-0.4, -0.2) is 60.7 Å². The number of piperazine rings is 1. The molecule has 6 heteroatoms. The summed E-state index contributed by atoms with van der Waals surface area (Å²) in [7, 11) is 2.30. The minimum Gasteiger partial charge on any atom is -1.00 e. The second kappa shape index (κ2) is 10.2. The van der Waals surface area contributed by atoms with E-state index in [1.54, 1.807) is 24.3 Å². The molecule has 0 bridgehead atoms. The molecule has 28 heavy (non-hydrogen) atoms. The van der Waals surface area contributed by atoms with E-state index in [0.717, 1.165) is 30.7 Å². The van der Waals surface area contributed by atoms with Crippen LogP contribution in [0.15, 0.2) is 35.0 Å². The molecular weight excluding hydrogens is 487 g/mol. The van der Waals surface area contributed by atoms with Crippen LogP contribution in [0.5, 0.6) is 0 Å². The van der Waals surface area contributed by atoms with Gasteiger partial charge in [-0.1, -0.05) is 62.1 Å². The van der Waals surface area contributed by atoms with Crippen LogP contribution in [0.2, 0.25) is 0 Å². The van der Waals surface area contributed by atoms with E-state index in [0.29, 0.717) is 16.8 Å². The number of carbonyl (C=O) groups is 2. The first kappa shape index (κ1) is 23.4. The van der Waals surface area contributed by atoms with Gasteiger partial charge in [-0.05, 0) is 12.8 Å². The number of hydrogen-bond donors (Lipinski definition) is 0. The summed E-state index contributed by atoms with van der Waals surface area (Å²) < 4.78 is 1.03. The number of likely N-dealkylation sites (N-methyl/N-ethyl adjacent to an activating group) is 1. The average molecular weight is 517 g/mol. The number of unbranched alkanes of at least 4 members (excludes halogenated alkanes) is 4. The molecule has 1 aromatic carbocycles. The normalized spacial score (nSPS) is 18.8. The number of fused-ring (bicyclic) bond motifs is 1. The standard InChI is InChI=1S/C22H30ClN2O2.HI/c1-3-4-5-6-9-14-25(2)15-12-24(13-16-25)20-19(23)21(26)17-10-7-8-11-18(17)22(20)27;/h7-8,10-11H,3-6,9,12-16H2,1-2H3;1H/q+1;/p-1. The molecule has 1 aliphatic heterocycles. The zero-order chi connectivity index (χ0) is 19.4. The monoisotopic (exact) mass is 516 g/mol. The van der Waals surface area contributed by atoms with E-state index in [2.05, 4.69) is 14.0 Å². The Hall–Kier alpha value is -0.920. The Morgan fingerprint density at radius 3 is 2.14 bits per heavy atom. The van der Waals surface area contributed by atoms with Gasteiger partial charge in [0.15, 0.2) is 0 Å². The number of quaternary nitrogens is 1. The van der Waals surface area contributed by atoms with Crippen molar-refractivity contribution in [1.82, 2.24) is 4.90 Å². The highest BCUT2D eigenvalue weighted by molar-refractivity contribution is 6.49. The van der Waals surface area contributed by atoms with E-state index in [1.807, 2.05) is 4.90 Å². The first-order valence-electron chi connectivity index (χ1n) is 10.1. The van der Waals surface area contributed by atoms with Crippen molar-refractivity contribution in [3.8, 4) is 0 Å². The molecule has 0 saturated carbocycles. The van der Waals surface area contributed by atoms with E-state index < -0.39 is 0 Å². The van der Waals surface area contributed by atoms with Crippen LogP contribution in [0, 0.1) is 0 Å². The summed E-state index contributed by atoms with van der Waals surface area (Å²) in [5.74, 6) is -0.355. The number of halogens is 2. The molecule has 0 spiro atoms. The molecule has 0 unspecified atom stereocenters. The lowest BCUT2D eigenvalue weighted by Gasteiger charge is -2.43. The van der Waals surface area contributed by atoms with Gasteiger partial charge < -0.3 is 33.4 Å². The van der Waals surface area contributed by atoms with Crippen LogP contribution in [-0.2, 0) is 0 Å². The highest BCUT2D eigenvalue weighted by Crippen LogP contribution is 2.31. The predicted octanol–water partition coefficient (Wildman–Crippen LogP) is 1.25. The van der Waals surface area contributed by atoms with Gasteiger partial charge in [0, 0.05) is 11.1 Å². The van der Waals surface area contributed by atoms with Gasteiger partial charge >= 0.3 is 0 Å². The maximum Gasteiger partial charge on any atom is 0.211 e. The highest BCUT2D eigenvalue weighted by atomic mass is 127. The third-order valence-electron chi connectivity index (χ3n) is 5.98. The Morgan fingerprint density at radius 2 is 1.54 bits per heavy atom. The molecule has 2 aliphatic rings. The summed E-state index contributed by atoms with van der Waals surface area (Å²) in [5, 5.41) is 0.0781. The van der Waals surface area contributed by atoms with Crippen LogP contribution in [0.4, 0.5) is 0 Å². The van der Waals surface area contributed by atoms with Crippen molar-refractivity contribution < 1.29 is 38.0 Å². The maximum absolute atomic E-state index is 13.0. The Kier molecular flexibility index (Phi) is 8.52. The summed E-state index contributed by atoms with van der Waals surface area (Å²) in [6, 6.07) is 6.96. The van der Waals surface area contributed by atoms with Crippen molar-refractivity contribution in [2.45, 2.75) is 39.0 Å². The number of nitrogens with zero attached hydrogens (tertiary/aromatic N) is 2. The molecule has 0 radical (unpaired) electrons. The minimum atomic E-state index is -0.236. The molecule has 0 atom stereocenters. The molecule has 1 fully saturated rings. The van der Waals surface area contributed by atoms with Crippen molar-refractivity contribution in [2.24, 2.45) is 0 Å². The summed E-state index contributed by atoms with van der Waals surface area (Å²) in [6.45, 7) is 6.90. The summed E-state index contributed by atoms with van der Waals surface area (Å²) >= 11 is 6.35. The number of allylic oxidation sites excluding steroid dienone is 2. The second-order valence-corrected chi connectivity index (χ2v) is 8.44. The first-order valence-corrected chi connectivity index (χ1v) is 10.5. The highest BCUT2D eigenvalue weighted by Gasteiger charge is 2.37. The van der Waals surface area contributed by atoms with E-state index in [1.165, 1.54) is 38.6 Å². The molecule has 3 rings (SSSR count). The molecule has 0 amide bonds. The molecule has 154 valence electrons. The van der Waals surface area contributed by atoms with E-state index in [9.17, 15) is 9.59 Å². The van der Waals surface area contributed by atoms with E-state index in [-0.39, 0.29) is 40.6 Å². The summed E-state index contributed by atoms with van der Waals surface area (Å²) in [4.78, 5) is 27.6. The lowest BCUT2D eigenvalue weighted by atomic mass is 9.91. The first-order chi connectivity index (χ1) is 13.0. The summed E-state index contributed by atoms with van der Waals surface area (Å²) in [5.41, 5.74) is 1.29. The topological polar surface area (TPSA) is 37.4 Å². The molecule has 0 N–H and O–H groups in total. The lowest BCUT2D eigenvalue weighted by molar-refractivity contribution is -0.913. The number of ketones is 2. The number of hydrogen-bond acceptors (Lipinski definition) is 3. The van der Waals surface area contributed by atoms with Gasteiger partial charge in [-0.25, -0.2) is 0 Å². The fourth-order valence-electron chi connectivity index (χ4n) is 4.11. The molecular formula is C22H30ClIN2O2.